The number of halogens is 1. The highest BCUT2D eigenvalue weighted by Gasteiger charge is 2.21. The molecule has 7 nitrogen and oxygen atoms in total. The number of hydrogen-bond donors (Lipinski definition) is 1. The zero-order chi connectivity index (χ0) is 17.1. The zero-order valence-electron chi connectivity index (χ0n) is 12.8. The molecular weight excluding hydrogens is 333 g/mol. The van der Waals surface area contributed by atoms with Gasteiger partial charge in [0.1, 0.15) is 22.4 Å². The van der Waals surface area contributed by atoms with Crippen molar-refractivity contribution in [3.63, 3.8) is 0 Å². The van der Waals surface area contributed by atoms with Crippen LogP contribution in [0.4, 0.5) is 4.39 Å². The summed E-state index contributed by atoms with van der Waals surface area (Å²) in [5.41, 5.74) is 1.83. The lowest BCUT2D eigenvalue weighted by atomic mass is 10.2. The molecule has 2 aromatic heterocycles. The van der Waals surface area contributed by atoms with Gasteiger partial charge in [-0.3, -0.25) is 4.79 Å². The normalized spacial score (nSPS) is 12.4. The van der Waals surface area contributed by atoms with E-state index >= 15 is 0 Å². The third-order valence-electron chi connectivity index (χ3n) is 3.41. The zero-order valence-corrected chi connectivity index (χ0v) is 13.6. The number of fused-ring (bicyclic) bond motifs is 1. The molecule has 0 aliphatic heterocycles. The number of rotatable bonds is 6. The van der Waals surface area contributed by atoms with Crippen LogP contribution in [-0.2, 0) is 11.3 Å². The molecule has 0 aliphatic carbocycles. The smallest absolute Gasteiger partial charge is 0.317 e. The predicted molar refractivity (Wildman–Crippen MR) is 86.2 cm³/mol. The van der Waals surface area contributed by atoms with Gasteiger partial charge >= 0.3 is 5.97 Å². The first-order valence-corrected chi connectivity index (χ1v) is 8.14. The van der Waals surface area contributed by atoms with E-state index in [1.165, 1.54) is 18.5 Å². The Hall–Kier alpha value is -2.55. The predicted octanol–water partition coefficient (Wildman–Crippen LogP) is 2.36. The van der Waals surface area contributed by atoms with Crippen LogP contribution < -0.4 is 0 Å². The van der Waals surface area contributed by atoms with Crippen LogP contribution in [0, 0.1) is 5.82 Å². The summed E-state index contributed by atoms with van der Waals surface area (Å²) in [6.07, 6.45) is 1.83. The van der Waals surface area contributed by atoms with Crippen LogP contribution in [0.15, 0.2) is 35.6 Å². The molecule has 0 saturated heterocycles. The third-order valence-corrected chi connectivity index (χ3v) is 4.75. The van der Waals surface area contributed by atoms with Crippen LogP contribution in [0.2, 0.25) is 0 Å². The van der Waals surface area contributed by atoms with Gasteiger partial charge in [-0.25, -0.2) is 19.0 Å². The standard InChI is InChI=1S/C15H14FN5O2S/c1-2-11(15(22)23)24-14-12-13(17-8-18-14)21(20-19-12)7-9-3-5-10(16)6-4-9/h3-6,8,11H,2,7H2,1H3,(H,22,23). The first kappa shape index (κ1) is 16.3. The summed E-state index contributed by atoms with van der Waals surface area (Å²) in [5, 5.41) is 17.2. The van der Waals surface area contributed by atoms with Crippen LogP contribution >= 0.6 is 11.8 Å². The van der Waals surface area contributed by atoms with E-state index in [-0.39, 0.29) is 5.82 Å². The summed E-state index contributed by atoms with van der Waals surface area (Å²) in [5.74, 6) is -1.20. The fourth-order valence-corrected chi connectivity index (χ4v) is 3.06. The van der Waals surface area contributed by atoms with Crippen LogP contribution in [0.25, 0.3) is 11.2 Å². The number of thioether (sulfide) groups is 1. The highest BCUT2D eigenvalue weighted by atomic mass is 32.2. The van der Waals surface area contributed by atoms with E-state index < -0.39 is 11.2 Å². The molecule has 1 atom stereocenters. The minimum Gasteiger partial charge on any atom is -0.480 e. The molecule has 0 radical (unpaired) electrons. The SMILES string of the molecule is CCC(Sc1ncnc2c1nnn2Cc1ccc(F)cc1)C(=O)O. The van der Waals surface area contributed by atoms with Crippen molar-refractivity contribution in [1.29, 1.82) is 0 Å². The van der Waals surface area contributed by atoms with Gasteiger partial charge in [0.25, 0.3) is 0 Å². The highest BCUT2D eigenvalue weighted by molar-refractivity contribution is 8.00. The Morgan fingerprint density at radius 2 is 2.08 bits per heavy atom. The van der Waals surface area contributed by atoms with Gasteiger partial charge < -0.3 is 5.11 Å². The van der Waals surface area contributed by atoms with Crippen molar-refractivity contribution in [1.82, 2.24) is 25.0 Å². The molecule has 1 unspecified atom stereocenters. The average Bonchev–Trinajstić information content (AvgIpc) is 2.98. The second-order valence-corrected chi connectivity index (χ2v) is 6.27. The van der Waals surface area contributed by atoms with Crippen LogP contribution in [-0.4, -0.2) is 41.3 Å². The lowest BCUT2D eigenvalue weighted by Crippen LogP contribution is -2.15. The number of carboxylic acids is 1. The van der Waals surface area contributed by atoms with Gasteiger partial charge in [0, 0.05) is 0 Å². The molecule has 0 bridgehead atoms. The van der Waals surface area contributed by atoms with Crippen molar-refractivity contribution in [3.8, 4) is 0 Å². The van der Waals surface area contributed by atoms with Crippen LogP contribution in [0.5, 0.6) is 0 Å². The molecule has 0 amide bonds. The lowest BCUT2D eigenvalue weighted by Gasteiger charge is -2.08. The molecule has 1 N–H and O–H groups in total. The topological polar surface area (TPSA) is 93.8 Å². The van der Waals surface area contributed by atoms with Gasteiger partial charge in [-0.2, -0.15) is 0 Å². The number of nitrogens with zero attached hydrogens (tertiary/aromatic N) is 5. The largest absolute Gasteiger partial charge is 0.480 e. The molecule has 124 valence electrons. The Bertz CT molecular complexity index is 868. The number of aliphatic carboxylic acids is 1. The molecule has 9 heteroatoms. The average molecular weight is 347 g/mol. The summed E-state index contributed by atoms with van der Waals surface area (Å²) < 4.78 is 14.6. The summed E-state index contributed by atoms with van der Waals surface area (Å²) >= 11 is 1.13. The Balaban J connectivity index is 1.91. The van der Waals surface area contributed by atoms with E-state index in [1.54, 1.807) is 23.7 Å². The lowest BCUT2D eigenvalue weighted by molar-refractivity contribution is -0.136. The first-order valence-electron chi connectivity index (χ1n) is 7.26. The summed E-state index contributed by atoms with van der Waals surface area (Å²) in [6.45, 7) is 2.18. The molecule has 3 aromatic rings. The Labute approximate surface area is 140 Å². The number of benzene rings is 1. The van der Waals surface area contributed by atoms with E-state index in [1.807, 2.05) is 0 Å². The van der Waals surface area contributed by atoms with Crippen molar-refractivity contribution in [2.24, 2.45) is 0 Å². The molecule has 3 rings (SSSR count). The molecule has 1 aromatic carbocycles. The number of aromatic nitrogens is 5. The number of carbonyl (C=O) groups is 1. The summed E-state index contributed by atoms with van der Waals surface area (Å²) in [7, 11) is 0. The quantitative estimate of drug-likeness (QED) is 0.540. The van der Waals surface area contributed by atoms with E-state index in [0.29, 0.717) is 29.2 Å². The van der Waals surface area contributed by atoms with Crippen LogP contribution in [0.3, 0.4) is 0 Å². The summed E-state index contributed by atoms with van der Waals surface area (Å²) in [6, 6.07) is 6.08. The van der Waals surface area contributed by atoms with E-state index in [4.69, 9.17) is 0 Å². The fraction of sp³-hybridized carbons (Fsp3) is 0.267. The highest BCUT2D eigenvalue weighted by Crippen LogP contribution is 2.28. The maximum Gasteiger partial charge on any atom is 0.317 e. The fourth-order valence-electron chi connectivity index (χ4n) is 2.17. The van der Waals surface area contributed by atoms with E-state index in [2.05, 4.69) is 20.3 Å². The van der Waals surface area contributed by atoms with Gasteiger partial charge in [-0.05, 0) is 24.1 Å². The minimum atomic E-state index is -0.895. The maximum absolute atomic E-state index is 13.0. The van der Waals surface area contributed by atoms with Gasteiger partial charge in [-0.1, -0.05) is 36.0 Å². The van der Waals surface area contributed by atoms with E-state index in [0.717, 1.165) is 17.3 Å². The Morgan fingerprint density at radius 1 is 1.33 bits per heavy atom. The minimum absolute atomic E-state index is 0.303. The van der Waals surface area contributed by atoms with Gasteiger partial charge in [-0.15, -0.1) is 5.10 Å². The molecule has 0 saturated carbocycles. The monoisotopic (exact) mass is 347 g/mol. The van der Waals surface area contributed by atoms with Crippen molar-refractivity contribution < 1.29 is 14.3 Å². The molecule has 0 spiro atoms. The number of hydrogen-bond acceptors (Lipinski definition) is 6. The van der Waals surface area contributed by atoms with Crippen molar-refractivity contribution in [3.05, 3.63) is 42.0 Å². The summed E-state index contributed by atoms with van der Waals surface area (Å²) in [4.78, 5) is 19.5. The van der Waals surface area contributed by atoms with Crippen molar-refractivity contribution in [2.75, 3.05) is 0 Å². The Kier molecular flexibility index (Phi) is 4.70. The van der Waals surface area contributed by atoms with E-state index in [9.17, 15) is 14.3 Å². The number of carboxylic acid groups (broad SMARTS) is 1. The molecule has 2 heterocycles. The first-order chi connectivity index (χ1) is 11.6. The van der Waals surface area contributed by atoms with Crippen molar-refractivity contribution >= 4 is 28.9 Å². The molecular formula is C15H14FN5O2S. The molecule has 0 fully saturated rings. The van der Waals surface area contributed by atoms with Gasteiger partial charge in [0.2, 0.25) is 0 Å². The van der Waals surface area contributed by atoms with Gasteiger partial charge in [0.05, 0.1) is 6.54 Å². The van der Waals surface area contributed by atoms with Crippen LogP contribution in [0.1, 0.15) is 18.9 Å². The Morgan fingerprint density at radius 3 is 2.75 bits per heavy atom. The molecule has 0 aliphatic rings. The second-order valence-electron chi connectivity index (χ2n) is 5.08. The second kappa shape index (κ2) is 6.91. The van der Waals surface area contributed by atoms with Crippen molar-refractivity contribution in [2.45, 2.75) is 30.2 Å². The third kappa shape index (κ3) is 3.35. The maximum atomic E-state index is 13.0. The van der Waals surface area contributed by atoms with Gasteiger partial charge in [0.15, 0.2) is 11.2 Å². The molecule has 24 heavy (non-hydrogen) atoms.